The summed E-state index contributed by atoms with van der Waals surface area (Å²) in [6.45, 7) is 3.57. The first-order valence-electron chi connectivity index (χ1n) is 9.51. The van der Waals surface area contributed by atoms with Crippen molar-refractivity contribution in [1.82, 2.24) is 14.8 Å². The Labute approximate surface area is 179 Å². The fraction of sp³-hybridized carbons (Fsp3) is 0.286. The molecule has 1 unspecified atom stereocenters. The van der Waals surface area contributed by atoms with Crippen molar-refractivity contribution in [2.24, 2.45) is 0 Å². The molecule has 1 atom stereocenters. The van der Waals surface area contributed by atoms with E-state index in [2.05, 4.69) is 20.1 Å². The van der Waals surface area contributed by atoms with E-state index in [0.29, 0.717) is 5.69 Å². The first-order chi connectivity index (χ1) is 14.9. The van der Waals surface area contributed by atoms with Gasteiger partial charge in [-0.3, -0.25) is 0 Å². The van der Waals surface area contributed by atoms with Crippen LogP contribution >= 0.6 is 0 Å². The molecule has 1 aliphatic rings. The number of carbonyl (C=O) groups is 1. The molecule has 1 aromatic carbocycles. The Morgan fingerprint density at radius 2 is 2.06 bits per heavy atom. The number of ether oxygens (including phenoxy) is 3. The van der Waals surface area contributed by atoms with Gasteiger partial charge in [-0.05, 0) is 44.2 Å². The number of benzene rings is 1. The second-order valence-corrected chi connectivity index (χ2v) is 6.78. The maximum absolute atomic E-state index is 11.5. The van der Waals surface area contributed by atoms with Crippen LogP contribution in [0.2, 0.25) is 0 Å². The van der Waals surface area contributed by atoms with Gasteiger partial charge < -0.3 is 25.3 Å². The number of esters is 1. The van der Waals surface area contributed by atoms with Crippen molar-refractivity contribution < 1.29 is 23.8 Å². The Kier molecular flexibility index (Phi) is 6.74. The number of methoxy groups -OCH3 is 1. The molecule has 0 saturated heterocycles. The van der Waals surface area contributed by atoms with E-state index in [4.69, 9.17) is 15.2 Å². The number of anilines is 2. The van der Waals surface area contributed by atoms with Crippen LogP contribution in [-0.2, 0) is 19.1 Å². The molecule has 1 aromatic heterocycles. The topological polar surface area (TPSA) is 131 Å². The second-order valence-electron chi connectivity index (χ2n) is 6.78. The highest BCUT2D eigenvalue weighted by Gasteiger charge is 2.23. The lowest BCUT2D eigenvalue weighted by Gasteiger charge is -2.20. The zero-order chi connectivity index (χ0) is 22.4. The van der Waals surface area contributed by atoms with Gasteiger partial charge in [0.1, 0.15) is 23.0 Å². The van der Waals surface area contributed by atoms with Crippen molar-refractivity contribution in [3.05, 3.63) is 53.8 Å². The number of nitrogens with zero attached hydrogens (tertiary/aromatic N) is 3. The summed E-state index contributed by atoms with van der Waals surface area (Å²) in [6.07, 6.45) is 5.01. The van der Waals surface area contributed by atoms with E-state index in [1.165, 1.54) is 11.8 Å². The molecular formula is C21H23N5O5. The van der Waals surface area contributed by atoms with Crippen LogP contribution in [0.4, 0.5) is 11.9 Å². The molecule has 31 heavy (non-hydrogen) atoms. The number of allylic oxidation sites excluding steroid dienone is 2. The van der Waals surface area contributed by atoms with Crippen LogP contribution in [0.1, 0.15) is 13.8 Å². The third-order valence-electron chi connectivity index (χ3n) is 4.18. The van der Waals surface area contributed by atoms with Crippen molar-refractivity contribution in [1.29, 1.82) is 0 Å². The molecule has 0 spiro atoms. The minimum atomic E-state index is -0.618. The molecule has 0 aliphatic heterocycles. The van der Waals surface area contributed by atoms with Gasteiger partial charge in [-0.15, -0.1) is 5.10 Å². The van der Waals surface area contributed by atoms with Crippen molar-refractivity contribution in [3.8, 4) is 11.4 Å². The van der Waals surface area contributed by atoms with Gasteiger partial charge in [0, 0.05) is 0 Å². The Morgan fingerprint density at radius 3 is 2.71 bits per heavy atom. The van der Waals surface area contributed by atoms with Gasteiger partial charge in [-0.25, -0.2) is 9.59 Å². The molecule has 162 valence electrons. The molecule has 0 radical (unpaired) electrons. The number of nitrogens with one attached hydrogen (secondary N) is 1. The monoisotopic (exact) mass is 425 g/mol. The molecule has 3 rings (SSSR count). The van der Waals surface area contributed by atoms with Gasteiger partial charge in [0.05, 0.1) is 24.9 Å². The highest BCUT2D eigenvalue weighted by Crippen LogP contribution is 2.23. The minimum absolute atomic E-state index is 0.0669. The molecule has 10 nitrogen and oxygen atoms in total. The molecule has 10 heteroatoms. The maximum Gasteiger partial charge on any atom is 0.343 e. The summed E-state index contributed by atoms with van der Waals surface area (Å²) in [5.41, 5.74) is 6.88. The number of hydrogen-bond acceptors (Lipinski definition) is 9. The number of carbonyl (C=O) groups excluding carboxylic acids is 2. The van der Waals surface area contributed by atoms with Crippen molar-refractivity contribution >= 4 is 23.8 Å². The summed E-state index contributed by atoms with van der Waals surface area (Å²) in [5, 5.41) is 7.37. The van der Waals surface area contributed by atoms with Gasteiger partial charge in [0.2, 0.25) is 11.9 Å². The van der Waals surface area contributed by atoms with Gasteiger partial charge in [-0.2, -0.15) is 9.67 Å². The number of aromatic nitrogens is 3. The van der Waals surface area contributed by atoms with Crippen molar-refractivity contribution in [2.45, 2.75) is 26.0 Å². The first-order valence-corrected chi connectivity index (χ1v) is 9.51. The molecular weight excluding hydrogens is 402 g/mol. The van der Waals surface area contributed by atoms with Crippen LogP contribution in [0.15, 0.2) is 53.8 Å². The van der Waals surface area contributed by atoms with Crippen LogP contribution in [0.5, 0.6) is 5.75 Å². The Bertz CT molecular complexity index is 1050. The quantitative estimate of drug-likeness (QED) is 0.480. The largest absolute Gasteiger partial charge is 0.491 e. The zero-order valence-electron chi connectivity index (χ0n) is 17.4. The predicted molar refractivity (Wildman–Crippen MR) is 113 cm³/mol. The number of rotatable bonds is 8. The van der Waals surface area contributed by atoms with E-state index >= 15 is 0 Å². The lowest BCUT2D eigenvalue weighted by atomic mass is 10.0. The van der Waals surface area contributed by atoms with E-state index in [-0.39, 0.29) is 35.9 Å². The fourth-order valence-electron chi connectivity index (χ4n) is 2.80. The highest BCUT2D eigenvalue weighted by atomic mass is 16.6. The molecule has 0 saturated carbocycles. The van der Waals surface area contributed by atoms with Gasteiger partial charge in [0.15, 0.2) is 6.61 Å². The highest BCUT2D eigenvalue weighted by molar-refractivity contribution is 5.71. The normalized spacial score (nSPS) is 15.3. The number of hydrogen-bond donors (Lipinski definition) is 2. The minimum Gasteiger partial charge on any atom is -0.491 e. The second kappa shape index (κ2) is 9.64. The van der Waals surface area contributed by atoms with E-state index in [1.807, 2.05) is 44.1 Å². The average Bonchev–Trinajstić information content (AvgIpc) is 3.12. The summed E-state index contributed by atoms with van der Waals surface area (Å²) >= 11 is 0. The van der Waals surface area contributed by atoms with E-state index in [9.17, 15) is 9.59 Å². The first kappa shape index (κ1) is 21.7. The summed E-state index contributed by atoms with van der Waals surface area (Å²) in [5.74, 6) is 2.57. The SMILES string of the molecule is COC(=O)COC1=CC=CC(Nc2nc(N)n(-c3ccc(OC(C)C)cc3)n2)C1=C=O. The summed E-state index contributed by atoms with van der Waals surface area (Å²) < 4.78 is 17.0. The number of nitrogens with two attached hydrogens (primary N) is 1. The Morgan fingerprint density at radius 1 is 1.32 bits per heavy atom. The lowest BCUT2D eigenvalue weighted by Crippen LogP contribution is -2.25. The molecule has 0 fully saturated rings. The number of nitrogen functional groups attached to an aromatic ring is 1. The van der Waals surface area contributed by atoms with Gasteiger partial charge in [-0.1, -0.05) is 12.2 Å². The van der Waals surface area contributed by atoms with E-state index < -0.39 is 12.0 Å². The summed E-state index contributed by atoms with van der Waals surface area (Å²) in [6, 6.07) is 6.63. The molecule has 0 amide bonds. The van der Waals surface area contributed by atoms with Crippen LogP contribution in [0.3, 0.4) is 0 Å². The third-order valence-corrected chi connectivity index (χ3v) is 4.18. The standard InChI is InChI=1S/C21H23N5O5/c1-13(2)31-15-9-7-14(8-10-15)26-20(22)24-21(25-26)23-17-5-4-6-18(16(17)11-27)30-12-19(28)29-3/h4-10,13,17H,12H2,1-3H3,(H3,22,23,24,25). The average molecular weight is 425 g/mol. The molecule has 1 aliphatic carbocycles. The maximum atomic E-state index is 11.5. The molecule has 1 heterocycles. The van der Waals surface area contributed by atoms with E-state index in [1.54, 1.807) is 18.2 Å². The lowest BCUT2D eigenvalue weighted by molar-refractivity contribution is -0.144. The van der Waals surface area contributed by atoms with Crippen LogP contribution in [-0.4, -0.2) is 52.5 Å². The smallest absolute Gasteiger partial charge is 0.343 e. The predicted octanol–water partition coefficient (Wildman–Crippen LogP) is 1.82. The molecule has 2 aromatic rings. The Hall–Kier alpha value is -4.04. The van der Waals surface area contributed by atoms with Gasteiger partial charge >= 0.3 is 5.97 Å². The van der Waals surface area contributed by atoms with Gasteiger partial charge in [0.25, 0.3) is 0 Å². The molecule has 3 N–H and O–H groups in total. The molecule has 0 bridgehead atoms. The third kappa shape index (κ3) is 5.31. The van der Waals surface area contributed by atoms with Crippen LogP contribution in [0, 0.1) is 0 Å². The van der Waals surface area contributed by atoms with Crippen molar-refractivity contribution in [3.63, 3.8) is 0 Å². The Balaban J connectivity index is 1.73. The fourth-order valence-corrected chi connectivity index (χ4v) is 2.80. The van der Waals surface area contributed by atoms with Crippen LogP contribution in [0.25, 0.3) is 5.69 Å². The van der Waals surface area contributed by atoms with Crippen LogP contribution < -0.4 is 15.8 Å². The van der Waals surface area contributed by atoms with Crippen molar-refractivity contribution in [2.75, 3.05) is 24.8 Å². The van der Waals surface area contributed by atoms with E-state index in [0.717, 1.165) is 5.75 Å². The summed E-state index contributed by atoms with van der Waals surface area (Å²) in [7, 11) is 1.25. The summed E-state index contributed by atoms with van der Waals surface area (Å²) in [4.78, 5) is 27.1. The zero-order valence-corrected chi connectivity index (χ0v) is 17.4.